The van der Waals surface area contributed by atoms with E-state index >= 15 is 0 Å². The van der Waals surface area contributed by atoms with E-state index < -0.39 is 6.35 Å². The van der Waals surface area contributed by atoms with Gasteiger partial charge in [0.25, 0.3) is 0 Å². The Balaban J connectivity index is 1.14. The van der Waals surface area contributed by atoms with Crippen LogP contribution in [0.15, 0.2) is 84.9 Å². The van der Waals surface area contributed by atoms with Crippen molar-refractivity contribution in [3.05, 3.63) is 112 Å². The van der Waals surface area contributed by atoms with Crippen molar-refractivity contribution in [2.24, 2.45) is 5.92 Å². The molecule has 1 fully saturated rings. The predicted octanol–water partition coefficient (Wildman–Crippen LogP) is 7.28. The number of hydrogen-bond donors (Lipinski definition) is 3. The van der Waals surface area contributed by atoms with E-state index in [9.17, 15) is 10.4 Å². The molecule has 232 valence electrons. The van der Waals surface area contributed by atoms with Crippen molar-refractivity contribution < 1.29 is 14.6 Å². The minimum Gasteiger partial charge on any atom is -0.486 e. The lowest BCUT2D eigenvalue weighted by Crippen LogP contribution is -2.42. The van der Waals surface area contributed by atoms with Crippen LogP contribution in [-0.4, -0.2) is 49.2 Å². The molecule has 2 aliphatic heterocycles. The van der Waals surface area contributed by atoms with Gasteiger partial charge in [0.2, 0.25) is 0 Å². The van der Waals surface area contributed by atoms with Gasteiger partial charge in [-0.2, -0.15) is 5.26 Å². The summed E-state index contributed by atoms with van der Waals surface area (Å²) in [6.07, 6.45) is 1.09. The molecule has 2 unspecified atom stereocenters. The van der Waals surface area contributed by atoms with E-state index in [4.69, 9.17) is 32.7 Å². The largest absolute Gasteiger partial charge is 0.486 e. The third-order valence-electron chi connectivity index (χ3n) is 8.57. The highest BCUT2D eigenvalue weighted by Gasteiger charge is 2.28. The number of anilines is 1. The summed E-state index contributed by atoms with van der Waals surface area (Å²) in [5, 5.41) is 27.5. The maximum absolute atomic E-state index is 10.8. The third kappa shape index (κ3) is 8.09. The molecule has 0 bridgehead atoms. The zero-order valence-corrected chi connectivity index (χ0v) is 26.4. The standard InChI is InChI=1S/C36H36Cl2N4O3/c37-30-18-31(38)20-32(19-30)41-36(43)40-22-33(27-7-5-26(6-8-27)29-3-1-2-24(16-29)21-39)28-10-12-42(13-11-28)23-25-4-9-34-35(17-25)45-15-14-44-34/h1-9,16-20,28,33,36,40-41,43H,10-15,22-23H2. The fraction of sp³-hybridized carbons (Fsp3) is 0.306. The predicted molar refractivity (Wildman–Crippen MR) is 179 cm³/mol. The van der Waals surface area contributed by atoms with Gasteiger partial charge in [-0.1, -0.05) is 65.7 Å². The smallest absolute Gasteiger partial charge is 0.181 e. The zero-order chi connectivity index (χ0) is 31.2. The lowest BCUT2D eigenvalue weighted by Gasteiger charge is -2.37. The fourth-order valence-electron chi connectivity index (χ4n) is 6.29. The van der Waals surface area contributed by atoms with Crippen LogP contribution in [0.25, 0.3) is 11.1 Å². The van der Waals surface area contributed by atoms with Gasteiger partial charge in [-0.25, -0.2) is 0 Å². The van der Waals surface area contributed by atoms with E-state index in [0.717, 1.165) is 55.1 Å². The third-order valence-corrected chi connectivity index (χ3v) is 9.01. The molecule has 2 heterocycles. The molecule has 0 aliphatic carbocycles. The summed E-state index contributed by atoms with van der Waals surface area (Å²) < 4.78 is 11.5. The van der Waals surface area contributed by atoms with Crippen LogP contribution in [0.2, 0.25) is 10.0 Å². The van der Waals surface area contributed by atoms with Gasteiger partial charge in [0, 0.05) is 28.8 Å². The molecule has 2 atom stereocenters. The molecule has 7 nitrogen and oxygen atoms in total. The number of hydrogen-bond acceptors (Lipinski definition) is 7. The fourth-order valence-corrected chi connectivity index (χ4v) is 6.82. The molecular formula is C36H36Cl2N4O3. The molecule has 0 spiro atoms. The zero-order valence-electron chi connectivity index (χ0n) is 24.9. The highest BCUT2D eigenvalue weighted by atomic mass is 35.5. The van der Waals surface area contributed by atoms with Gasteiger partial charge in [-0.15, -0.1) is 0 Å². The van der Waals surface area contributed by atoms with Crippen LogP contribution >= 0.6 is 23.2 Å². The first-order valence-corrected chi connectivity index (χ1v) is 16.0. The van der Waals surface area contributed by atoms with Crippen molar-refractivity contribution >= 4 is 28.9 Å². The van der Waals surface area contributed by atoms with Crippen molar-refractivity contribution in [3.63, 3.8) is 0 Å². The Hall–Kier alpha value is -3.77. The van der Waals surface area contributed by atoms with Gasteiger partial charge >= 0.3 is 0 Å². The Morgan fingerprint density at radius 3 is 2.33 bits per heavy atom. The number of nitrogens with one attached hydrogen (secondary N) is 2. The van der Waals surface area contributed by atoms with E-state index in [0.29, 0.717) is 47.0 Å². The van der Waals surface area contributed by atoms with E-state index in [-0.39, 0.29) is 5.92 Å². The van der Waals surface area contributed by atoms with Gasteiger partial charge in [0.05, 0.1) is 11.6 Å². The Morgan fingerprint density at radius 2 is 1.60 bits per heavy atom. The summed E-state index contributed by atoms with van der Waals surface area (Å²) in [6.45, 7) is 4.59. The van der Waals surface area contributed by atoms with Crippen LogP contribution in [0.4, 0.5) is 5.69 Å². The number of aliphatic hydroxyl groups excluding tert-OH is 1. The summed E-state index contributed by atoms with van der Waals surface area (Å²) in [4.78, 5) is 2.50. The summed E-state index contributed by atoms with van der Waals surface area (Å²) in [5.41, 5.74) is 5.80. The SMILES string of the molecule is N#Cc1cccc(-c2ccc(C(CNC(O)Nc3cc(Cl)cc(Cl)c3)C3CCN(Cc4ccc5c(c4)OCCO5)CC3)cc2)c1. The first-order chi connectivity index (χ1) is 21.9. The maximum atomic E-state index is 10.8. The van der Waals surface area contributed by atoms with Crippen molar-refractivity contribution in [2.75, 3.05) is 38.2 Å². The quantitative estimate of drug-likeness (QED) is 0.157. The second-order valence-electron chi connectivity index (χ2n) is 11.6. The lowest BCUT2D eigenvalue weighted by molar-refractivity contribution is 0.137. The molecule has 0 amide bonds. The molecule has 4 aromatic carbocycles. The number of nitrogens with zero attached hydrogens (tertiary/aromatic N) is 2. The second-order valence-corrected chi connectivity index (χ2v) is 12.5. The second kappa shape index (κ2) is 14.6. The monoisotopic (exact) mass is 642 g/mol. The van der Waals surface area contributed by atoms with Crippen molar-refractivity contribution in [3.8, 4) is 28.7 Å². The van der Waals surface area contributed by atoms with Crippen LogP contribution in [0.1, 0.15) is 35.4 Å². The topological polar surface area (TPSA) is 89.8 Å². The van der Waals surface area contributed by atoms with E-state index in [1.54, 1.807) is 18.2 Å². The van der Waals surface area contributed by atoms with Gasteiger partial charge in [0.1, 0.15) is 13.2 Å². The van der Waals surface area contributed by atoms with Crippen LogP contribution in [-0.2, 0) is 6.54 Å². The number of halogens is 2. The van der Waals surface area contributed by atoms with Crippen LogP contribution in [0.3, 0.4) is 0 Å². The minimum atomic E-state index is -0.981. The number of piperidine rings is 1. The average molecular weight is 644 g/mol. The molecule has 0 saturated carbocycles. The number of nitriles is 1. The van der Waals surface area contributed by atoms with Gasteiger partial charge in [-0.3, -0.25) is 10.2 Å². The number of ether oxygens (including phenoxy) is 2. The normalized spacial score (nSPS) is 16.5. The maximum Gasteiger partial charge on any atom is 0.181 e. The van der Waals surface area contributed by atoms with Crippen LogP contribution in [0, 0.1) is 17.2 Å². The number of aliphatic hydroxyl groups is 1. The number of benzene rings is 4. The van der Waals surface area contributed by atoms with Crippen LogP contribution in [0.5, 0.6) is 11.5 Å². The molecular weight excluding hydrogens is 607 g/mol. The van der Waals surface area contributed by atoms with Gasteiger partial charge in [-0.05, 0) is 102 Å². The lowest BCUT2D eigenvalue weighted by atomic mass is 9.79. The van der Waals surface area contributed by atoms with E-state index in [1.807, 2.05) is 30.3 Å². The molecule has 4 aromatic rings. The molecule has 6 rings (SSSR count). The molecule has 0 radical (unpaired) electrons. The Morgan fingerprint density at radius 1 is 0.867 bits per heavy atom. The Labute approximate surface area is 274 Å². The average Bonchev–Trinajstić information content (AvgIpc) is 3.05. The summed E-state index contributed by atoms with van der Waals surface area (Å²) >= 11 is 12.3. The molecule has 45 heavy (non-hydrogen) atoms. The van der Waals surface area contributed by atoms with E-state index in [1.165, 1.54) is 11.1 Å². The van der Waals surface area contributed by atoms with Gasteiger partial charge < -0.3 is 19.9 Å². The van der Waals surface area contributed by atoms with Crippen molar-refractivity contribution in [1.82, 2.24) is 10.2 Å². The highest BCUT2D eigenvalue weighted by molar-refractivity contribution is 6.35. The number of fused-ring (bicyclic) bond motifs is 1. The van der Waals surface area contributed by atoms with Crippen LogP contribution < -0.4 is 20.1 Å². The van der Waals surface area contributed by atoms with E-state index in [2.05, 4.69) is 58.0 Å². The van der Waals surface area contributed by atoms with Gasteiger partial charge in [0.15, 0.2) is 17.9 Å². The minimum absolute atomic E-state index is 0.181. The number of likely N-dealkylation sites (tertiary alicyclic amines) is 1. The summed E-state index contributed by atoms with van der Waals surface area (Å²) in [5.74, 6) is 2.25. The molecule has 2 aliphatic rings. The first-order valence-electron chi connectivity index (χ1n) is 15.3. The van der Waals surface area contributed by atoms with Crippen molar-refractivity contribution in [2.45, 2.75) is 31.7 Å². The summed E-state index contributed by atoms with van der Waals surface area (Å²) in [7, 11) is 0. The Bertz CT molecular complexity index is 1630. The first kappa shape index (κ1) is 31.2. The highest BCUT2D eigenvalue weighted by Crippen LogP contribution is 2.36. The molecule has 9 heteroatoms. The summed E-state index contributed by atoms with van der Waals surface area (Å²) in [6, 6.07) is 29.8. The number of rotatable bonds is 10. The molecule has 3 N–H and O–H groups in total. The molecule has 1 saturated heterocycles. The van der Waals surface area contributed by atoms with Crippen molar-refractivity contribution in [1.29, 1.82) is 5.26 Å². The molecule has 0 aromatic heterocycles. The Kier molecular flexibility index (Phi) is 10.1.